The third kappa shape index (κ3) is 6.00. The van der Waals surface area contributed by atoms with Gasteiger partial charge in [-0.05, 0) is 38.3 Å². The van der Waals surface area contributed by atoms with Crippen molar-refractivity contribution in [3.05, 3.63) is 53.0 Å². The van der Waals surface area contributed by atoms with Crippen molar-refractivity contribution in [1.29, 1.82) is 0 Å². The van der Waals surface area contributed by atoms with Gasteiger partial charge >= 0.3 is 11.9 Å². The van der Waals surface area contributed by atoms with Crippen molar-refractivity contribution in [3.63, 3.8) is 0 Å². The highest BCUT2D eigenvalue weighted by molar-refractivity contribution is 5.93. The number of benzene rings is 1. The molecule has 10 nitrogen and oxygen atoms in total. The second-order valence-corrected chi connectivity index (χ2v) is 8.43. The van der Waals surface area contributed by atoms with Crippen molar-refractivity contribution >= 4 is 17.8 Å². The molecule has 2 heterocycles. The monoisotopic (exact) mass is 483 g/mol. The van der Waals surface area contributed by atoms with E-state index in [1.807, 2.05) is 57.0 Å². The number of ether oxygens (including phenoxy) is 1. The summed E-state index contributed by atoms with van der Waals surface area (Å²) in [5.41, 5.74) is 5.38. The second kappa shape index (κ2) is 11.5. The molecule has 3 rings (SSSR count). The lowest BCUT2D eigenvalue weighted by Gasteiger charge is -2.22. The first-order valence-corrected chi connectivity index (χ1v) is 11.9. The molecule has 1 aromatic heterocycles. The van der Waals surface area contributed by atoms with E-state index in [0.29, 0.717) is 23.5 Å². The van der Waals surface area contributed by atoms with Crippen LogP contribution >= 0.6 is 0 Å². The molecule has 2 aromatic rings. The van der Waals surface area contributed by atoms with Crippen LogP contribution in [0.15, 0.2) is 41.8 Å². The summed E-state index contributed by atoms with van der Waals surface area (Å²) in [7, 11) is 1.81. The van der Waals surface area contributed by atoms with Gasteiger partial charge in [0, 0.05) is 30.6 Å². The summed E-state index contributed by atoms with van der Waals surface area (Å²) in [5, 5.41) is 10.1. The molecule has 10 heteroatoms. The Bertz CT molecular complexity index is 1110. The van der Waals surface area contributed by atoms with Crippen LogP contribution in [0, 0.1) is 0 Å². The van der Waals surface area contributed by atoms with Crippen LogP contribution in [0.3, 0.4) is 0 Å². The van der Waals surface area contributed by atoms with Crippen molar-refractivity contribution < 1.29 is 24.0 Å². The molecule has 1 atom stereocenters. The van der Waals surface area contributed by atoms with Crippen LogP contribution < -0.4 is 10.8 Å². The molecule has 0 fully saturated rings. The summed E-state index contributed by atoms with van der Waals surface area (Å²) >= 11 is 0. The molecule has 2 amide bonds. The van der Waals surface area contributed by atoms with Gasteiger partial charge in [0.15, 0.2) is 11.9 Å². The molecule has 0 spiro atoms. The quantitative estimate of drug-likeness (QED) is 0.466. The molecule has 1 aromatic carbocycles. The average Bonchev–Trinajstić information content (AvgIpc) is 3.47. The number of amides is 2. The maximum absolute atomic E-state index is 12.5. The number of hydrogen-bond acceptors (Lipinski definition) is 7. The Morgan fingerprint density at radius 1 is 1.17 bits per heavy atom. The van der Waals surface area contributed by atoms with Crippen LogP contribution in [0.4, 0.5) is 0 Å². The number of nitrogens with one attached hydrogen (secondary N) is 3. The number of allylic oxidation sites excluding steroid dienone is 1. The summed E-state index contributed by atoms with van der Waals surface area (Å²) in [6.07, 6.45) is 1.98. The molecule has 0 saturated heterocycles. The topological polar surface area (TPSA) is 126 Å². The van der Waals surface area contributed by atoms with Crippen molar-refractivity contribution in [3.8, 4) is 11.3 Å². The zero-order valence-electron chi connectivity index (χ0n) is 20.8. The van der Waals surface area contributed by atoms with E-state index in [9.17, 15) is 14.4 Å². The third-order valence-electron chi connectivity index (χ3n) is 5.97. The first-order chi connectivity index (χ1) is 16.8. The lowest BCUT2D eigenvalue weighted by Crippen LogP contribution is -2.33. The molecule has 188 valence electrons. The Balaban J connectivity index is 1.72. The highest BCUT2D eigenvalue weighted by Gasteiger charge is 2.34. The van der Waals surface area contributed by atoms with Gasteiger partial charge in [0.25, 0.3) is 5.91 Å². The van der Waals surface area contributed by atoms with E-state index in [-0.39, 0.29) is 24.1 Å². The highest BCUT2D eigenvalue weighted by atomic mass is 16.7. The van der Waals surface area contributed by atoms with E-state index in [1.165, 1.54) is 0 Å². The number of rotatable bonds is 9. The van der Waals surface area contributed by atoms with Crippen molar-refractivity contribution in [1.82, 2.24) is 25.9 Å². The molecule has 1 aliphatic heterocycles. The molecule has 0 radical (unpaired) electrons. The minimum absolute atomic E-state index is 0.0779. The Morgan fingerprint density at radius 3 is 2.60 bits per heavy atom. The van der Waals surface area contributed by atoms with Gasteiger partial charge in [0.05, 0.1) is 11.4 Å². The van der Waals surface area contributed by atoms with Gasteiger partial charge in [-0.15, -0.1) is 0 Å². The number of hydroxylamine groups is 1. The van der Waals surface area contributed by atoms with E-state index in [4.69, 9.17) is 9.57 Å². The summed E-state index contributed by atoms with van der Waals surface area (Å²) in [6, 6.07) is 9.38. The summed E-state index contributed by atoms with van der Waals surface area (Å²) in [4.78, 5) is 43.2. The van der Waals surface area contributed by atoms with Gasteiger partial charge in [0.2, 0.25) is 5.76 Å². The Labute approximate surface area is 205 Å². The van der Waals surface area contributed by atoms with Crippen molar-refractivity contribution in [2.24, 2.45) is 0 Å². The van der Waals surface area contributed by atoms with Gasteiger partial charge < -0.3 is 19.8 Å². The van der Waals surface area contributed by atoms with Crippen LogP contribution in [0.5, 0.6) is 0 Å². The average molecular weight is 484 g/mol. The fourth-order valence-electron chi connectivity index (χ4n) is 3.72. The van der Waals surface area contributed by atoms with Gasteiger partial charge in [-0.3, -0.25) is 14.7 Å². The number of carbonyl (C=O) groups is 3. The molecule has 0 saturated carbocycles. The van der Waals surface area contributed by atoms with E-state index in [2.05, 4.69) is 21.0 Å². The number of aromatic nitrogens is 2. The maximum atomic E-state index is 12.5. The number of H-pyrrole nitrogens is 1. The Kier molecular flexibility index (Phi) is 8.51. The van der Waals surface area contributed by atoms with E-state index in [1.54, 1.807) is 13.0 Å². The first kappa shape index (κ1) is 25.8. The predicted molar refractivity (Wildman–Crippen MR) is 129 cm³/mol. The summed E-state index contributed by atoms with van der Waals surface area (Å²) < 4.78 is 5.94. The molecule has 3 N–H and O–H groups in total. The van der Waals surface area contributed by atoms with Gasteiger partial charge in [-0.25, -0.2) is 4.79 Å². The van der Waals surface area contributed by atoms with Gasteiger partial charge in [0.1, 0.15) is 0 Å². The first-order valence-electron chi connectivity index (χ1n) is 11.9. The molecule has 0 aliphatic carbocycles. The van der Waals surface area contributed by atoms with Crippen molar-refractivity contribution in [2.45, 2.75) is 65.6 Å². The highest BCUT2D eigenvalue weighted by Crippen LogP contribution is 2.36. The van der Waals surface area contributed by atoms with Crippen LogP contribution in [0.25, 0.3) is 11.3 Å². The number of aromatic amines is 1. The molecule has 0 unspecified atom stereocenters. The summed E-state index contributed by atoms with van der Waals surface area (Å²) in [5.74, 6) is -1.28. The second-order valence-electron chi connectivity index (χ2n) is 8.43. The van der Waals surface area contributed by atoms with E-state index >= 15 is 0 Å². The zero-order valence-corrected chi connectivity index (χ0v) is 20.8. The standard InChI is InChI=1S/C25H33N5O5/c1-6-10-21(31)35-29-24(33)22-15(4)30(5)25(34-22)17-12-9-11-16(13-17)19-14-20(28-27-19)23(32)26-18(7-2)8-3/h9,11-14,18,25H,6-8,10H2,1-5H3,(H,26,32)(H,27,28)(H,29,33)/t25-/m0/s1. The fourth-order valence-corrected chi connectivity index (χ4v) is 3.72. The van der Waals surface area contributed by atoms with Crippen LogP contribution in [0.2, 0.25) is 0 Å². The number of hydrogen-bond donors (Lipinski definition) is 3. The summed E-state index contributed by atoms with van der Waals surface area (Å²) in [6.45, 7) is 7.66. The largest absolute Gasteiger partial charge is 0.459 e. The molecular formula is C25H33N5O5. The van der Waals surface area contributed by atoms with Gasteiger partial charge in [-0.2, -0.15) is 10.6 Å². The predicted octanol–water partition coefficient (Wildman–Crippen LogP) is 3.56. The molecule has 0 bridgehead atoms. The lowest BCUT2D eigenvalue weighted by molar-refractivity contribution is -0.158. The van der Waals surface area contributed by atoms with E-state index in [0.717, 1.165) is 24.0 Å². The van der Waals surface area contributed by atoms with Crippen LogP contribution in [-0.2, 0) is 19.2 Å². The lowest BCUT2D eigenvalue weighted by atomic mass is 10.1. The Hall–Kier alpha value is -3.82. The SMILES string of the molecule is CCCC(=O)ONC(=O)C1=C(C)N(C)[C@H](c2cccc(-c3cc(C(=O)NC(CC)CC)n[nH]3)c2)O1. The third-order valence-corrected chi connectivity index (χ3v) is 5.97. The number of nitrogens with zero attached hydrogens (tertiary/aromatic N) is 2. The minimum atomic E-state index is -0.626. The maximum Gasteiger partial charge on any atom is 0.332 e. The Morgan fingerprint density at radius 2 is 1.91 bits per heavy atom. The molecular weight excluding hydrogens is 450 g/mol. The zero-order chi connectivity index (χ0) is 25.5. The van der Waals surface area contributed by atoms with Crippen LogP contribution in [-0.4, -0.2) is 46.0 Å². The number of carbonyl (C=O) groups excluding carboxylic acids is 3. The van der Waals surface area contributed by atoms with Crippen LogP contribution in [0.1, 0.15) is 75.7 Å². The van der Waals surface area contributed by atoms with Crippen molar-refractivity contribution in [2.75, 3.05) is 7.05 Å². The smallest absolute Gasteiger partial charge is 0.332 e. The molecule has 1 aliphatic rings. The van der Waals surface area contributed by atoms with E-state index < -0.39 is 18.1 Å². The fraction of sp³-hybridized carbons (Fsp3) is 0.440. The van der Waals surface area contributed by atoms with Gasteiger partial charge in [-0.1, -0.05) is 39.0 Å². The normalized spacial score (nSPS) is 15.3. The molecule has 35 heavy (non-hydrogen) atoms. The minimum Gasteiger partial charge on any atom is -0.459 e.